The molecule has 0 saturated carbocycles. The van der Waals surface area contributed by atoms with Crippen molar-refractivity contribution in [2.24, 2.45) is 5.41 Å². The molecule has 0 fully saturated rings. The van der Waals surface area contributed by atoms with Gasteiger partial charge < -0.3 is 15.2 Å². The molecular formula is C18H27NO4. The van der Waals surface area contributed by atoms with Crippen molar-refractivity contribution in [3.05, 3.63) is 29.3 Å². The van der Waals surface area contributed by atoms with Gasteiger partial charge in [0.2, 0.25) is 5.91 Å². The summed E-state index contributed by atoms with van der Waals surface area (Å²) in [4.78, 5) is 23.5. The second-order valence-corrected chi connectivity index (χ2v) is 7.05. The summed E-state index contributed by atoms with van der Waals surface area (Å²) in [7, 11) is 1.55. The fourth-order valence-corrected chi connectivity index (χ4v) is 2.30. The van der Waals surface area contributed by atoms with E-state index < -0.39 is 12.0 Å². The van der Waals surface area contributed by atoms with Crippen LogP contribution in [0.2, 0.25) is 0 Å². The van der Waals surface area contributed by atoms with E-state index in [0.717, 1.165) is 17.5 Å². The molecule has 0 spiro atoms. The van der Waals surface area contributed by atoms with Gasteiger partial charge in [0.15, 0.2) is 0 Å². The quantitative estimate of drug-likeness (QED) is 0.809. The van der Waals surface area contributed by atoms with Crippen LogP contribution in [-0.4, -0.2) is 30.1 Å². The van der Waals surface area contributed by atoms with Gasteiger partial charge in [-0.2, -0.15) is 0 Å². The van der Waals surface area contributed by atoms with Crippen LogP contribution in [0.15, 0.2) is 18.2 Å². The third-order valence-electron chi connectivity index (χ3n) is 3.60. The average Bonchev–Trinajstić information content (AvgIpc) is 2.42. The summed E-state index contributed by atoms with van der Waals surface area (Å²) in [5.74, 6) is -0.679. The Bertz CT molecular complexity index is 561. The molecule has 0 bridgehead atoms. The summed E-state index contributed by atoms with van der Waals surface area (Å²) in [6, 6.07) is 4.73. The van der Waals surface area contributed by atoms with E-state index in [-0.39, 0.29) is 17.7 Å². The van der Waals surface area contributed by atoms with E-state index >= 15 is 0 Å². The molecule has 0 aliphatic heterocycles. The van der Waals surface area contributed by atoms with E-state index in [1.165, 1.54) is 0 Å². The number of benzene rings is 1. The predicted molar refractivity (Wildman–Crippen MR) is 89.7 cm³/mol. The number of carboxylic acids is 1. The van der Waals surface area contributed by atoms with Crippen LogP contribution in [0.25, 0.3) is 0 Å². The number of aliphatic carboxylic acids is 1. The smallest absolute Gasteiger partial charge is 0.326 e. The third kappa shape index (κ3) is 6.72. The number of nitrogens with one attached hydrogen (secondary N) is 1. The Kier molecular flexibility index (Phi) is 6.61. The maximum atomic E-state index is 12.2. The largest absolute Gasteiger partial charge is 0.496 e. The van der Waals surface area contributed by atoms with Crippen molar-refractivity contribution < 1.29 is 19.4 Å². The molecule has 1 aromatic rings. The van der Waals surface area contributed by atoms with Gasteiger partial charge in [-0.3, -0.25) is 4.79 Å². The van der Waals surface area contributed by atoms with Gasteiger partial charge in [-0.15, -0.1) is 0 Å². The van der Waals surface area contributed by atoms with Crippen molar-refractivity contribution in [2.45, 2.75) is 53.0 Å². The first-order valence-corrected chi connectivity index (χ1v) is 7.78. The lowest BCUT2D eigenvalue weighted by atomic mass is 9.88. The zero-order valence-corrected chi connectivity index (χ0v) is 14.6. The maximum Gasteiger partial charge on any atom is 0.326 e. The lowest BCUT2D eigenvalue weighted by Gasteiger charge is -2.21. The van der Waals surface area contributed by atoms with E-state index in [1.54, 1.807) is 7.11 Å². The normalized spacial score (nSPS) is 12.6. The van der Waals surface area contributed by atoms with Crippen molar-refractivity contribution in [1.82, 2.24) is 5.32 Å². The lowest BCUT2D eigenvalue weighted by molar-refractivity contribution is -0.142. The first-order valence-electron chi connectivity index (χ1n) is 7.78. The molecule has 1 atom stereocenters. The minimum atomic E-state index is -1.00. The zero-order valence-electron chi connectivity index (χ0n) is 14.6. The van der Waals surface area contributed by atoms with Crippen LogP contribution in [-0.2, 0) is 16.0 Å². The van der Waals surface area contributed by atoms with Crippen molar-refractivity contribution in [3.8, 4) is 5.75 Å². The van der Waals surface area contributed by atoms with E-state index in [1.807, 2.05) is 45.9 Å². The molecule has 1 rings (SSSR count). The van der Waals surface area contributed by atoms with Crippen LogP contribution in [0, 0.1) is 12.3 Å². The number of ether oxygens (including phenoxy) is 1. The minimum absolute atomic E-state index is 0.0260. The first kappa shape index (κ1) is 19.0. The molecule has 0 heterocycles. The number of methoxy groups -OCH3 is 1. The number of aryl methyl sites for hydroxylation is 1. The topological polar surface area (TPSA) is 75.6 Å². The maximum absolute atomic E-state index is 12.2. The molecule has 0 radical (unpaired) electrons. The summed E-state index contributed by atoms with van der Waals surface area (Å²) in [5.41, 5.74) is 1.80. The summed E-state index contributed by atoms with van der Waals surface area (Å²) in [6.45, 7) is 8.08. The van der Waals surface area contributed by atoms with Crippen LogP contribution in [0.4, 0.5) is 0 Å². The van der Waals surface area contributed by atoms with Gasteiger partial charge in [0.1, 0.15) is 11.8 Å². The number of carbonyl (C=O) groups is 2. The minimum Gasteiger partial charge on any atom is -0.496 e. The average molecular weight is 321 g/mol. The summed E-state index contributed by atoms with van der Waals surface area (Å²) in [6.07, 6.45) is 1.23. The molecule has 23 heavy (non-hydrogen) atoms. The fraction of sp³-hybridized carbons (Fsp3) is 0.556. The summed E-state index contributed by atoms with van der Waals surface area (Å²) >= 11 is 0. The van der Waals surface area contributed by atoms with Gasteiger partial charge in [0.05, 0.1) is 13.5 Å². The molecule has 2 N–H and O–H groups in total. The van der Waals surface area contributed by atoms with Crippen LogP contribution in [0.1, 0.15) is 44.7 Å². The van der Waals surface area contributed by atoms with Crippen molar-refractivity contribution in [2.75, 3.05) is 7.11 Å². The Labute approximate surface area is 138 Å². The Hall–Kier alpha value is -2.04. The monoisotopic (exact) mass is 321 g/mol. The van der Waals surface area contributed by atoms with Gasteiger partial charge in [0.25, 0.3) is 0 Å². The van der Waals surface area contributed by atoms with Crippen LogP contribution >= 0.6 is 0 Å². The van der Waals surface area contributed by atoms with Crippen LogP contribution in [0.5, 0.6) is 5.75 Å². The second kappa shape index (κ2) is 7.99. The number of carboxylic acid groups (broad SMARTS) is 1. The number of hydrogen-bond acceptors (Lipinski definition) is 3. The molecule has 1 unspecified atom stereocenters. The molecule has 0 saturated heterocycles. The highest BCUT2D eigenvalue weighted by atomic mass is 16.5. The number of hydrogen-bond donors (Lipinski definition) is 2. The van der Waals surface area contributed by atoms with Gasteiger partial charge >= 0.3 is 5.97 Å². The van der Waals surface area contributed by atoms with E-state index in [2.05, 4.69) is 5.32 Å². The van der Waals surface area contributed by atoms with E-state index in [0.29, 0.717) is 12.2 Å². The zero-order chi connectivity index (χ0) is 17.6. The first-order chi connectivity index (χ1) is 10.6. The summed E-state index contributed by atoms with van der Waals surface area (Å²) in [5, 5.41) is 11.9. The van der Waals surface area contributed by atoms with Crippen molar-refractivity contribution in [1.29, 1.82) is 0 Å². The summed E-state index contributed by atoms with van der Waals surface area (Å²) < 4.78 is 5.25. The predicted octanol–water partition coefficient (Wildman–Crippen LogP) is 2.94. The number of carbonyl (C=O) groups excluding carboxylic acids is 1. The van der Waals surface area contributed by atoms with Crippen LogP contribution in [0.3, 0.4) is 0 Å². The third-order valence-corrected chi connectivity index (χ3v) is 3.60. The Morgan fingerprint density at radius 2 is 1.96 bits per heavy atom. The standard InChI is InChI=1S/C18H27NO4/c1-12-6-7-15(23-5)13(10-12)11-16(20)19-14(17(21)22)8-9-18(2,3)4/h6-7,10,14H,8-9,11H2,1-5H3,(H,19,20)(H,21,22). The van der Waals surface area contributed by atoms with Gasteiger partial charge in [-0.25, -0.2) is 4.79 Å². The number of rotatable bonds is 7. The number of amides is 1. The molecule has 0 aliphatic rings. The molecule has 1 amide bonds. The van der Waals surface area contributed by atoms with Crippen LogP contribution < -0.4 is 10.1 Å². The molecule has 0 aromatic heterocycles. The SMILES string of the molecule is COc1ccc(C)cc1CC(=O)NC(CCC(C)(C)C)C(=O)O. The van der Waals surface area contributed by atoms with Gasteiger partial charge in [-0.1, -0.05) is 38.5 Å². The van der Waals surface area contributed by atoms with E-state index in [9.17, 15) is 14.7 Å². The molecular weight excluding hydrogens is 294 g/mol. The highest BCUT2D eigenvalue weighted by Crippen LogP contribution is 2.22. The molecule has 128 valence electrons. The Morgan fingerprint density at radius 1 is 1.30 bits per heavy atom. The Balaban J connectivity index is 2.73. The Morgan fingerprint density at radius 3 is 2.48 bits per heavy atom. The van der Waals surface area contributed by atoms with Gasteiger partial charge in [-0.05, 0) is 31.2 Å². The highest BCUT2D eigenvalue weighted by molar-refractivity contribution is 5.85. The lowest BCUT2D eigenvalue weighted by Crippen LogP contribution is -2.42. The second-order valence-electron chi connectivity index (χ2n) is 7.05. The molecule has 5 heteroatoms. The van der Waals surface area contributed by atoms with Crippen molar-refractivity contribution >= 4 is 11.9 Å². The fourth-order valence-electron chi connectivity index (χ4n) is 2.30. The molecule has 5 nitrogen and oxygen atoms in total. The molecule has 0 aliphatic carbocycles. The van der Waals surface area contributed by atoms with Gasteiger partial charge in [0, 0.05) is 5.56 Å². The van der Waals surface area contributed by atoms with E-state index in [4.69, 9.17) is 4.74 Å². The van der Waals surface area contributed by atoms with Crippen molar-refractivity contribution in [3.63, 3.8) is 0 Å². The highest BCUT2D eigenvalue weighted by Gasteiger charge is 2.23. The molecule has 1 aromatic carbocycles.